The third-order valence-corrected chi connectivity index (χ3v) is 5.74. The highest BCUT2D eigenvalue weighted by atomic mass is 32.3. The van der Waals surface area contributed by atoms with Crippen LogP contribution in [0.4, 0.5) is 4.79 Å². The highest BCUT2D eigenvalue weighted by Crippen LogP contribution is 2.30. The first-order valence-electron chi connectivity index (χ1n) is 9.49. The van der Waals surface area contributed by atoms with E-state index in [2.05, 4.69) is 0 Å². The zero-order valence-corrected chi connectivity index (χ0v) is 17.6. The van der Waals surface area contributed by atoms with E-state index in [9.17, 15) is 18.0 Å². The normalized spacial score (nSPS) is 22.1. The Morgan fingerprint density at radius 1 is 1.17 bits per heavy atom. The SMILES string of the molecule is C[C@@H]1CC[C@@H]2CN1C(=O)N2OS(=O)(=O)OCC(C)(C)COC(=O)c1ccccc1. The molecule has 3 rings (SSSR count). The summed E-state index contributed by atoms with van der Waals surface area (Å²) in [5.41, 5.74) is -0.382. The molecule has 2 saturated heterocycles. The quantitative estimate of drug-likeness (QED) is 0.588. The van der Waals surface area contributed by atoms with Crippen molar-refractivity contribution in [2.24, 2.45) is 5.41 Å². The molecule has 9 nitrogen and oxygen atoms in total. The van der Waals surface area contributed by atoms with E-state index >= 15 is 0 Å². The van der Waals surface area contributed by atoms with Gasteiger partial charge in [-0.25, -0.2) is 13.8 Å². The minimum atomic E-state index is -4.44. The van der Waals surface area contributed by atoms with E-state index in [1.807, 2.05) is 6.92 Å². The molecule has 0 N–H and O–H groups in total. The summed E-state index contributed by atoms with van der Waals surface area (Å²) in [7, 11) is -4.44. The zero-order valence-electron chi connectivity index (χ0n) is 16.7. The standard InChI is InChI=1S/C19H26N2O7S/c1-14-9-10-16-11-20(14)18(23)21(16)28-29(24,25)27-13-19(2,3)12-26-17(22)15-7-5-4-6-8-15/h4-8,14,16H,9-13H2,1-3H3/t14-,16-/m1/s1. The highest BCUT2D eigenvalue weighted by molar-refractivity contribution is 7.81. The predicted molar refractivity (Wildman–Crippen MR) is 103 cm³/mol. The van der Waals surface area contributed by atoms with E-state index in [0.717, 1.165) is 11.5 Å². The van der Waals surface area contributed by atoms with Crippen LogP contribution >= 0.6 is 0 Å². The second kappa shape index (κ2) is 8.29. The number of fused-ring (bicyclic) bond motifs is 2. The third kappa shape index (κ3) is 5.26. The van der Waals surface area contributed by atoms with Gasteiger partial charge in [-0.3, -0.25) is 0 Å². The molecular weight excluding hydrogens is 400 g/mol. The molecule has 160 valence electrons. The molecule has 2 aliphatic heterocycles. The minimum absolute atomic E-state index is 0.0488. The molecule has 0 spiro atoms. The summed E-state index contributed by atoms with van der Waals surface area (Å²) in [6.45, 7) is 5.43. The molecule has 2 aliphatic rings. The largest absolute Gasteiger partial charge is 0.461 e. The number of hydrogen-bond donors (Lipinski definition) is 0. The number of hydrogen-bond acceptors (Lipinski definition) is 7. The highest BCUT2D eigenvalue weighted by Gasteiger charge is 2.46. The molecule has 0 aromatic heterocycles. The zero-order chi connectivity index (χ0) is 21.2. The Hall–Kier alpha value is -2.17. The second-order valence-electron chi connectivity index (χ2n) is 8.19. The molecule has 0 unspecified atom stereocenters. The number of amides is 2. The number of ether oxygens (including phenoxy) is 1. The summed E-state index contributed by atoms with van der Waals surface area (Å²) in [6, 6.07) is 7.76. The van der Waals surface area contributed by atoms with Crippen molar-refractivity contribution in [2.45, 2.75) is 45.7 Å². The fraction of sp³-hybridized carbons (Fsp3) is 0.579. The topological polar surface area (TPSA) is 102 Å². The van der Waals surface area contributed by atoms with Crippen LogP contribution in [-0.4, -0.2) is 62.2 Å². The fourth-order valence-electron chi connectivity index (χ4n) is 3.23. The van der Waals surface area contributed by atoms with Crippen LogP contribution in [0.3, 0.4) is 0 Å². The number of urea groups is 1. The van der Waals surface area contributed by atoms with Gasteiger partial charge in [-0.1, -0.05) is 32.0 Å². The maximum absolute atomic E-state index is 12.3. The van der Waals surface area contributed by atoms with Crippen LogP contribution in [0.15, 0.2) is 30.3 Å². The molecule has 2 heterocycles. The molecule has 2 amide bonds. The molecule has 0 radical (unpaired) electrons. The first-order chi connectivity index (χ1) is 13.6. The van der Waals surface area contributed by atoms with Crippen LogP contribution in [0.1, 0.15) is 44.0 Å². The van der Waals surface area contributed by atoms with Crippen molar-refractivity contribution < 1.29 is 31.2 Å². The summed E-state index contributed by atoms with van der Waals surface area (Å²) in [5, 5.41) is 0.890. The number of carbonyl (C=O) groups is 2. The van der Waals surface area contributed by atoms with Gasteiger partial charge in [-0.2, -0.15) is 13.5 Å². The molecule has 1 aromatic rings. The van der Waals surface area contributed by atoms with Gasteiger partial charge in [0.25, 0.3) is 0 Å². The summed E-state index contributed by atoms with van der Waals surface area (Å²) < 4.78 is 39.7. The number of rotatable bonds is 8. The molecule has 29 heavy (non-hydrogen) atoms. The Bertz CT molecular complexity index is 857. The molecule has 0 saturated carbocycles. The average molecular weight is 426 g/mol. The van der Waals surface area contributed by atoms with Gasteiger partial charge in [0.2, 0.25) is 0 Å². The van der Waals surface area contributed by atoms with Crippen LogP contribution < -0.4 is 0 Å². The van der Waals surface area contributed by atoms with Crippen molar-refractivity contribution in [2.75, 3.05) is 19.8 Å². The van der Waals surface area contributed by atoms with Crippen LogP contribution in [-0.2, 0) is 23.6 Å². The lowest BCUT2D eigenvalue weighted by Crippen LogP contribution is -2.38. The third-order valence-electron chi connectivity index (χ3n) is 4.99. The maximum atomic E-state index is 12.3. The molecule has 2 bridgehead atoms. The van der Waals surface area contributed by atoms with Crippen LogP contribution in [0.5, 0.6) is 0 Å². The van der Waals surface area contributed by atoms with Crippen molar-refractivity contribution in [3.63, 3.8) is 0 Å². The number of esters is 1. The van der Waals surface area contributed by atoms with Crippen LogP contribution in [0.25, 0.3) is 0 Å². The van der Waals surface area contributed by atoms with Gasteiger partial charge in [-0.05, 0) is 31.9 Å². The van der Waals surface area contributed by atoms with Gasteiger partial charge in [0, 0.05) is 18.0 Å². The average Bonchev–Trinajstić information content (AvgIpc) is 2.94. The van der Waals surface area contributed by atoms with Gasteiger partial charge >= 0.3 is 22.4 Å². The van der Waals surface area contributed by atoms with E-state index in [1.54, 1.807) is 49.1 Å². The Morgan fingerprint density at radius 3 is 2.52 bits per heavy atom. The lowest BCUT2D eigenvalue weighted by atomic mass is 9.96. The number of hydroxylamine groups is 2. The Kier molecular flexibility index (Phi) is 6.16. The van der Waals surface area contributed by atoms with Crippen molar-refractivity contribution in [3.05, 3.63) is 35.9 Å². The Morgan fingerprint density at radius 2 is 1.86 bits per heavy atom. The van der Waals surface area contributed by atoms with Gasteiger partial charge in [-0.15, -0.1) is 4.28 Å². The summed E-state index contributed by atoms with van der Waals surface area (Å²) >= 11 is 0. The Balaban J connectivity index is 1.51. The lowest BCUT2D eigenvalue weighted by Gasteiger charge is -2.27. The molecule has 1 aromatic carbocycles. The van der Waals surface area contributed by atoms with Gasteiger partial charge in [0.15, 0.2) is 0 Å². The van der Waals surface area contributed by atoms with Crippen LogP contribution in [0, 0.1) is 5.41 Å². The maximum Gasteiger partial charge on any atom is 0.421 e. The predicted octanol–water partition coefficient (Wildman–Crippen LogP) is 2.35. The van der Waals surface area contributed by atoms with Gasteiger partial charge in [0.1, 0.15) is 0 Å². The fourth-order valence-corrected chi connectivity index (χ4v) is 4.12. The van der Waals surface area contributed by atoms with Crippen LogP contribution in [0.2, 0.25) is 0 Å². The summed E-state index contributed by atoms with van der Waals surface area (Å²) in [4.78, 5) is 26.0. The number of piperidine rings is 1. The Labute approximate surface area is 170 Å². The molecule has 2 fully saturated rings. The molecule has 0 aliphatic carbocycles. The van der Waals surface area contributed by atoms with Crippen molar-refractivity contribution in [3.8, 4) is 0 Å². The monoisotopic (exact) mass is 426 g/mol. The van der Waals surface area contributed by atoms with E-state index in [1.165, 1.54) is 0 Å². The van der Waals surface area contributed by atoms with E-state index in [4.69, 9.17) is 13.2 Å². The summed E-state index contributed by atoms with van der Waals surface area (Å²) in [6.07, 6.45) is 1.46. The van der Waals surface area contributed by atoms with Gasteiger partial charge in [0.05, 0.1) is 24.8 Å². The molecule has 2 atom stereocenters. The number of nitrogens with zero attached hydrogens (tertiary/aromatic N) is 2. The first kappa shape index (κ1) is 21.5. The van der Waals surface area contributed by atoms with Crippen molar-refractivity contribution in [1.82, 2.24) is 9.96 Å². The molecule has 10 heteroatoms. The van der Waals surface area contributed by atoms with E-state index < -0.39 is 27.8 Å². The first-order valence-corrected chi connectivity index (χ1v) is 10.8. The molecular formula is C19H26N2O7S. The smallest absolute Gasteiger partial charge is 0.421 e. The summed E-state index contributed by atoms with van der Waals surface area (Å²) in [5.74, 6) is -0.504. The lowest BCUT2D eigenvalue weighted by molar-refractivity contribution is -0.0418. The van der Waals surface area contributed by atoms with E-state index in [-0.39, 0.29) is 25.3 Å². The number of benzene rings is 1. The van der Waals surface area contributed by atoms with E-state index in [0.29, 0.717) is 18.5 Å². The van der Waals surface area contributed by atoms with Crippen molar-refractivity contribution in [1.29, 1.82) is 0 Å². The van der Waals surface area contributed by atoms with Gasteiger partial charge < -0.3 is 9.64 Å². The minimum Gasteiger partial charge on any atom is -0.461 e. The second-order valence-corrected chi connectivity index (χ2v) is 9.39. The van der Waals surface area contributed by atoms with Crippen molar-refractivity contribution >= 4 is 22.4 Å². The number of carbonyl (C=O) groups excluding carboxylic acids is 2.